The fourth-order valence-corrected chi connectivity index (χ4v) is 3.79. The van der Waals surface area contributed by atoms with Gasteiger partial charge in [-0.1, -0.05) is 41.4 Å². The van der Waals surface area contributed by atoms with Crippen LogP contribution in [0.5, 0.6) is 0 Å². The summed E-state index contributed by atoms with van der Waals surface area (Å²) in [6.07, 6.45) is 1.84. The molecule has 6 heteroatoms. The minimum absolute atomic E-state index is 0.0351. The molecule has 1 amide bonds. The summed E-state index contributed by atoms with van der Waals surface area (Å²) in [5, 5.41) is 3.22. The average molecular weight is 401 g/mol. The Hall–Kier alpha value is -2.37. The highest BCUT2D eigenvalue weighted by Crippen LogP contribution is 2.24. The van der Waals surface area contributed by atoms with Crippen LogP contribution in [0.1, 0.15) is 34.3 Å². The lowest BCUT2D eigenvalue weighted by atomic mass is 9.96. The number of hydrogen-bond acceptors (Lipinski definition) is 4. The summed E-state index contributed by atoms with van der Waals surface area (Å²) in [5.41, 5.74) is 3.30. The van der Waals surface area contributed by atoms with Crippen molar-refractivity contribution in [3.63, 3.8) is 0 Å². The number of methoxy groups -OCH3 is 1. The summed E-state index contributed by atoms with van der Waals surface area (Å²) < 4.78 is 4.73. The van der Waals surface area contributed by atoms with Crippen LogP contribution in [0.4, 0.5) is 5.69 Å². The first-order chi connectivity index (χ1) is 13.5. The molecule has 148 valence electrons. The lowest BCUT2D eigenvalue weighted by Gasteiger charge is -2.32. The topological polar surface area (TPSA) is 58.6 Å². The zero-order valence-electron chi connectivity index (χ0n) is 16.2. The molecule has 1 saturated heterocycles. The van der Waals surface area contributed by atoms with Crippen molar-refractivity contribution in [2.45, 2.75) is 26.3 Å². The highest BCUT2D eigenvalue weighted by Gasteiger charge is 2.26. The molecule has 1 atom stereocenters. The molecule has 1 aliphatic rings. The van der Waals surface area contributed by atoms with Crippen LogP contribution in [0, 0.1) is 12.8 Å². The highest BCUT2D eigenvalue weighted by molar-refractivity contribution is 6.33. The van der Waals surface area contributed by atoms with Crippen molar-refractivity contribution < 1.29 is 14.3 Å². The third-order valence-corrected chi connectivity index (χ3v) is 5.33. The van der Waals surface area contributed by atoms with E-state index in [1.807, 2.05) is 0 Å². The van der Waals surface area contributed by atoms with Gasteiger partial charge in [0.25, 0.3) is 0 Å². The Bertz CT molecular complexity index is 869. The van der Waals surface area contributed by atoms with Crippen molar-refractivity contribution in [1.29, 1.82) is 0 Å². The molecule has 1 aliphatic heterocycles. The molecule has 0 saturated carbocycles. The molecule has 1 unspecified atom stereocenters. The quantitative estimate of drug-likeness (QED) is 0.761. The molecule has 2 aromatic carbocycles. The van der Waals surface area contributed by atoms with Crippen LogP contribution in [0.3, 0.4) is 0 Å². The van der Waals surface area contributed by atoms with Gasteiger partial charge in [0.1, 0.15) is 0 Å². The van der Waals surface area contributed by atoms with Crippen LogP contribution in [0.2, 0.25) is 5.02 Å². The molecule has 0 aromatic heterocycles. The molecule has 28 heavy (non-hydrogen) atoms. The van der Waals surface area contributed by atoms with Gasteiger partial charge in [0, 0.05) is 18.8 Å². The van der Waals surface area contributed by atoms with Crippen LogP contribution in [0.15, 0.2) is 42.5 Å². The number of likely N-dealkylation sites (tertiary alicyclic amines) is 1. The third-order valence-electron chi connectivity index (χ3n) is 5.00. The Kier molecular flexibility index (Phi) is 6.70. The fourth-order valence-electron chi connectivity index (χ4n) is 3.60. The SMILES string of the molecule is COC(=O)c1cc(NC(=O)C2CCCN(Cc3cccc(C)c3)C2)ccc1Cl. The predicted octanol–water partition coefficient (Wildman–Crippen LogP) is 4.29. The minimum atomic E-state index is -0.525. The number of nitrogens with zero attached hydrogens (tertiary/aromatic N) is 1. The van der Waals surface area contributed by atoms with Gasteiger partial charge >= 0.3 is 5.97 Å². The van der Waals surface area contributed by atoms with Gasteiger partial charge in [-0.25, -0.2) is 4.79 Å². The molecular weight excluding hydrogens is 376 g/mol. The number of benzene rings is 2. The van der Waals surface area contributed by atoms with Crippen molar-refractivity contribution in [2.75, 3.05) is 25.5 Å². The molecule has 0 aliphatic carbocycles. The number of carbonyl (C=O) groups is 2. The van der Waals surface area contributed by atoms with Gasteiger partial charge in [-0.15, -0.1) is 0 Å². The second-order valence-electron chi connectivity index (χ2n) is 7.24. The van der Waals surface area contributed by atoms with E-state index in [2.05, 4.69) is 41.4 Å². The summed E-state index contributed by atoms with van der Waals surface area (Å²) in [6.45, 7) is 4.64. The molecule has 5 nitrogen and oxygen atoms in total. The molecule has 2 aromatic rings. The number of amides is 1. The summed E-state index contributed by atoms with van der Waals surface area (Å²) in [5.74, 6) is -0.647. The standard InChI is InChI=1S/C22H25ClN2O3/c1-15-5-3-6-16(11-15)13-25-10-4-7-17(14-25)21(26)24-18-8-9-20(23)19(12-18)22(27)28-2/h3,5-6,8-9,11-12,17H,4,7,10,13-14H2,1-2H3,(H,24,26). The van der Waals surface area contributed by atoms with Crippen LogP contribution >= 0.6 is 11.6 Å². The number of carbonyl (C=O) groups excluding carboxylic acids is 2. The number of piperidine rings is 1. The molecule has 1 N–H and O–H groups in total. The summed E-state index contributed by atoms with van der Waals surface area (Å²) in [7, 11) is 1.30. The molecule has 3 rings (SSSR count). The molecular formula is C22H25ClN2O3. The van der Waals surface area contributed by atoms with Gasteiger partial charge in [0.15, 0.2) is 0 Å². The average Bonchev–Trinajstić information content (AvgIpc) is 2.69. The summed E-state index contributed by atoms with van der Waals surface area (Å²) in [6, 6.07) is 13.3. The molecule has 1 heterocycles. The number of hydrogen-bond donors (Lipinski definition) is 1. The van der Waals surface area contributed by atoms with Crippen LogP contribution in [-0.4, -0.2) is 37.0 Å². The Morgan fingerprint density at radius 2 is 2.07 bits per heavy atom. The zero-order chi connectivity index (χ0) is 20.1. The van der Waals surface area contributed by atoms with Gasteiger partial charge in [-0.05, 0) is 50.1 Å². The Morgan fingerprint density at radius 1 is 1.25 bits per heavy atom. The van der Waals surface area contributed by atoms with Crippen molar-refractivity contribution in [2.24, 2.45) is 5.92 Å². The van der Waals surface area contributed by atoms with Gasteiger partial charge < -0.3 is 10.1 Å². The van der Waals surface area contributed by atoms with Gasteiger partial charge in [0.05, 0.1) is 23.6 Å². The zero-order valence-corrected chi connectivity index (χ0v) is 17.0. The number of anilines is 1. The van der Waals surface area contributed by atoms with E-state index in [0.717, 1.165) is 32.5 Å². The van der Waals surface area contributed by atoms with E-state index in [0.29, 0.717) is 10.7 Å². The smallest absolute Gasteiger partial charge is 0.339 e. The Labute approximate surface area is 170 Å². The summed E-state index contributed by atoms with van der Waals surface area (Å²) >= 11 is 6.04. The number of rotatable bonds is 5. The van der Waals surface area contributed by atoms with E-state index in [-0.39, 0.29) is 17.4 Å². The van der Waals surface area contributed by atoms with E-state index in [1.54, 1.807) is 18.2 Å². The van der Waals surface area contributed by atoms with E-state index in [1.165, 1.54) is 18.2 Å². The second kappa shape index (κ2) is 9.22. The van der Waals surface area contributed by atoms with Crippen molar-refractivity contribution >= 4 is 29.2 Å². The van der Waals surface area contributed by atoms with Crippen molar-refractivity contribution in [3.8, 4) is 0 Å². The molecule has 0 bridgehead atoms. The minimum Gasteiger partial charge on any atom is -0.465 e. The van der Waals surface area contributed by atoms with Crippen LogP contribution in [-0.2, 0) is 16.1 Å². The monoisotopic (exact) mass is 400 g/mol. The molecule has 1 fully saturated rings. The number of ether oxygens (including phenoxy) is 1. The van der Waals surface area contributed by atoms with Gasteiger partial charge in [-0.3, -0.25) is 9.69 Å². The maximum absolute atomic E-state index is 12.8. The number of nitrogens with one attached hydrogen (secondary N) is 1. The number of halogens is 1. The lowest BCUT2D eigenvalue weighted by molar-refractivity contribution is -0.121. The Balaban J connectivity index is 1.63. The normalized spacial score (nSPS) is 17.2. The first-order valence-electron chi connectivity index (χ1n) is 9.43. The lowest BCUT2D eigenvalue weighted by Crippen LogP contribution is -2.40. The first-order valence-corrected chi connectivity index (χ1v) is 9.80. The van der Waals surface area contributed by atoms with E-state index in [4.69, 9.17) is 16.3 Å². The van der Waals surface area contributed by atoms with E-state index in [9.17, 15) is 9.59 Å². The maximum atomic E-state index is 12.8. The first kappa shape index (κ1) is 20.4. The van der Waals surface area contributed by atoms with Gasteiger partial charge in [-0.2, -0.15) is 0 Å². The van der Waals surface area contributed by atoms with Gasteiger partial charge in [0.2, 0.25) is 5.91 Å². The third kappa shape index (κ3) is 5.12. The highest BCUT2D eigenvalue weighted by atomic mass is 35.5. The largest absolute Gasteiger partial charge is 0.465 e. The molecule has 0 spiro atoms. The Morgan fingerprint density at radius 3 is 2.82 bits per heavy atom. The van der Waals surface area contributed by atoms with E-state index < -0.39 is 5.97 Å². The number of aryl methyl sites for hydroxylation is 1. The van der Waals surface area contributed by atoms with Crippen LogP contribution in [0.25, 0.3) is 0 Å². The van der Waals surface area contributed by atoms with E-state index >= 15 is 0 Å². The predicted molar refractivity (Wildman–Crippen MR) is 111 cm³/mol. The second-order valence-corrected chi connectivity index (χ2v) is 7.65. The summed E-state index contributed by atoms with van der Waals surface area (Å²) in [4.78, 5) is 26.9. The maximum Gasteiger partial charge on any atom is 0.339 e. The van der Waals surface area contributed by atoms with Crippen molar-refractivity contribution in [1.82, 2.24) is 4.90 Å². The number of esters is 1. The van der Waals surface area contributed by atoms with Crippen LogP contribution < -0.4 is 5.32 Å². The molecule has 0 radical (unpaired) electrons. The fraction of sp³-hybridized carbons (Fsp3) is 0.364. The van der Waals surface area contributed by atoms with Crippen molar-refractivity contribution in [3.05, 3.63) is 64.2 Å².